The largest absolute Gasteiger partial charge is 0.456 e. The van der Waals surface area contributed by atoms with E-state index in [9.17, 15) is 5.11 Å². The van der Waals surface area contributed by atoms with Gasteiger partial charge >= 0.3 is 0 Å². The summed E-state index contributed by atoms with van der Waals surface area (Å²) >= 11 is 6.55. The Balaban J connectivity index is 1.16. The number of aliphatic hydroxyl groups is 1. The molecular formula is C25H25ClN4O5. The average Bonchev–Trinajstić information content (AvgIpc) is 3.56. The first kappa shape index (κ1) is 22.7. The second-order valence-electron chi connectivity index (χ2n) is 8.82. The fraction of sp³-hybridized carbons (Fsp3) is 0.440. The number of aliphatic hydroxyl groups excluding tert-OH is 1. The Hall–Kier alpha value is -2.71. The van der Waals surface area contributed by atoms with Crippen LogP contribution in [0.1, 0.15) is 5.56 Å². The maximum absolute atomic E-state index is 9.91. The fourth-order valence-electron chi connectivity index (χ4n) is 4.57. The van der Waals surface area contributed by atoms with Crippen molar-refractivity contribution in [3.63, 3.8) is 0 Å². The average molecular weight is 497 g/mol. The van der Waals surface area contributed by atoms with E-state index in [2.05, 4.69) is 31.7 Å². The molecule has 5 heterocycles. The number of imidazole rings is 1. The molecular weight excluding hydrogens is 472 g/mol. The first-order valence-corrected chi connectivity index (χ1v) is 12.1. The van der Waals surface area contributed by atoms with E-state index in [1.54, 1.807) is 6.07 Å². The van der Waals surface area contributed by atoms with Gasteiger partial charge in [0.05, 0.1) is 49.2 Å². The van der Waals surface area contributed by atoms with Crippen molar-refractivity contribution in [1.82, 2.24) is 19.9 Å². The molecule has 3 fully saturated rings. The molecule has 3 aliphatic rings. The van der Waals surface area contributed by atoms with E-state index in [0.717, 1.165) is 44.0 Å². The molecule has 10 heteroatoms. The number of benzene rings is 1. The number of aromatic nitrogens is 3. The van der Waals surface area contributed by atoms with Gasteiger partial charge in [-0.15, -0.1) is 0 Å². The number of halogens is 1. The quantitative estimate of drug-likeness (QED) is 0.528. The summed E-state index contributed by atoms with van der Waals surface area (Å²) < 4.78 is 22.6. The van der Waals surface area contributed by atoms with Crippen molar-refractivity contribution in [2.45, 2.75) is 24.4 Å². The fourth-order valence-corrected chi connectivity index (χ4v) is 4.83. The normalized spacial score (nSPS) is 26.5. The van der Waals surface area contributed by atoms with Crippen LogP contribution in [0.25, 0.3) is 22.4 Å². The zero-order valence-electron chi connectivity index (χ0n) is 18.9. The first-order chi connectivity index (χ1) is 17.1. The van der Waals surface area contributed by atoms with E-state index >= 15 is 0 Å². The first-order valence-electron chi connectivity index (χ1n) is 11.7. The van der Waals surface area contributed by atoms with E-state index in [4.69, 9.17) is 30.5 Å². The van der Waals surface area contributed by atoms with Crippen LogP contribution in [-0.4, -0.2) is 95.4 Å². The summed E-state index contributed by atoms with van der Waals surface area (Å²) in [7, 11) is 0. The van der Waals surface area contributed by atoms with Crippen molar-refractivity contribution in [2.24, 2.45) is 0 Å². The van der Waals surface area contributed by atoms with Crippen LogP contribution in [0.2, 0.25) is 5.02 Å². The van der Waals surface area contributed by atoms with Crippen molar-refractivity contribution in [3.8, 4) is 29.1 Å². The molecule has 0 bridgehead atoms. The van der Waals surface area contributed by atoms with Gasteiger partial charge in [-0.2, -0.15) is 4.98 Å². The molecule has 0 saturated carbocycles. The van der Waals surface area contributed by atoms with Crippen LogP contribution in [0.3, 0.4) is 0 Å². The Labute approximate surface area is 207 Å². The minimum Gasteiger partial charge on any atom is -0.456 e. The lowest BCUT2D eigenvalue weighted by Gasteiger charge is -2.24. The van der Waals surface area contributed by atoms with Crippen LogP contribution in [0.15, 0.2) is 30.3 Å². The molecule has 2 N–H and O–H groups in total. The van der Waals surface area contributed by atoms with Crippen LogP contribution in [0, 0.1) is 11.8 Å². The molecule has 3 aliphatic heterocycles. The lowest BCUT2D eigenvalue weighted by Crippen LogP contribution is -2.36. The van der Waals surface area contributed by atoms with Crippen molar-refractivity contribution in [3.05, 3.63) is 40.9 Å². The van der Waals surface area contributed by atoms with Gasteiger partial charge < -0.3 is 29.0 Å². The molecule has 0 aliphatic carbocycles. The highest BCUT2D eigenvalue weighted by Crippen LogP contribution is 2.32. The van der Waals surface area contributed by atoms with Crippen LogP contribution < -0.4 is 4.74 Å². The molecule has 35 heavy (non-hydrogen) atoms. The van der Waals surface area contributed by atoms with Gasteiger partial charge in [-0.05, 0) is 18.2 Å². The number of hydrogen-bond donors (Lipinski definition) is 2. The van der Waals surface area contributed by atoms with Crippen LogP contribution in [0.4, 0.5) is 0 Å². The van der Waals surface area contributed by atoms with Gasteiger partial charge in [-0.25, -0.2) is 4.98 Å². The summed E-state index contributed by atoms with van der Waals surface area (Å²) in [5.41, 5.74) is 3.61. The number of pyridine rings is 1. The van der Waals surface area contributed by atoms with E-state index < -0.39 is 6.10 Å². The minimum atomic E-state index is -0.630. The number of ether oxygens (including phenoxy) is 4. The highest BCUT2D eigenvalue weighted by Gasteiger charge is 2.48. The molecule has 0 radical (unpaired) electrons. The molecule has 9 nitrogen and oxygen atoms in total. The molecule has 4 atom stereocenters. The van der Waals surface area contributed by atoms with Crippen LogP contribution in [-0.2, 0) is 14.2 Å². The number of rotatable bonds is 4. The molecule has 3 saturated heterocycles. The molecule has 182 valence electrons. The highest BCUT2D eigenvalue weighted by atomic mass is 35.5. The van der Waals surface area contributed by atoms with E-state index in [-0.39, 0.29) is 24.9 Å². The maximum atomic E-state index is 9.91. The zero-order valence-corrected chi connectivity index (χ0v) is 19.7. The van der Waals surface area contributed by atoms with Gasteiger partial charge in [0, 0.05) is 24.2 Å². The monoisotopic (exact) mass is 496 g/mol. The van der Waals surface area contributed by atoms with Gasteiger partial charge in [0.1, 0.15) is 18.3 Å². The molecule has 1 unspecified atom stereocenters. The van der Waals surface area contributed by atoms with Gasteiger partial charge in [0.25, 0.3) is 6.01 Å². The van der Waals surface area contributed by atoms with Crippen molar-refractivity contribution in [2.75, 3.05) is 46.1 Å². The third-order valence-corrected chi connectivity index (χ3v) is 6.74. The lowest BCUT2D eigenvalue weighted by molar-refractivity contribution is 0.00706. The summed E-state index contributed by atoms with van der Waals surface area (Å²) in [5.74, 6) is 6.45. The predicted molar refractivity (Wildman–Crippen MR) is 128 cm³/mol. The van der Waals surface area contributed by atoms with Crippen molar-refractivity contribution < 1.29 is 24.1 Å². The molecule has 6 rings (SSSR count). The number of fused-ring (bicyclic) bond motifs is 2. The van der Waals surface area contributed by atoms with Gasteiger partial charge in [-0.3, -0.25) is 4.90 Å². The topological polar surface area (TPSA) is 102 Å². The van der Waals surface area contributed by atoms with E-state index in [1.165, 1.54) is 0 Å². The molecule has 3 aromatic rings. The summed E-state index contributed by atoms with van der Waals surface area (Å²) in [4.78, 5) is 14.5. The smallest absolute Gasteiger partial charge is 0.296 e. The molecule has 2 aromatic heterocycles. The molecule has 1 aromatic carbocycles. The number of H-pyrrole nitrogens is 1. The maximum Gasteiger partial charge on any atom is 0.296 e. The zero-order chi connectivity index (χ0) is 23.8. The number of nitrogens with zero attached hydrogens (tertiary/aromatic N) is 3. The lowest BCUT2D eigenvalue weighted by atomic mass is 10.1. The van der Waals surface area contributed by atoms with Crippen molar-refractivity contribution >= 4 is 22.8 Å². The second-order valence-corrected chi connectivity index (χ2v) is 9.23. The summed E-state index contributed by atoms with van der Waals surface area (Å²) in [6.45, 7) is 4.69. The standard InChI is InChI=1S/C25H25ClN4O5/c26-17-12-18-24(29-25(27-18)35-20-14-34-22-19(31)13-33-23(20)22)28-21(17)16-5-3-15(4-6-16)2-1-7-30-8-10-32-11-9-30/h3-6,12,19-20,22-23,31H,7-11,13-14H2,(H,27,28,29)/t19-,20-,22?,23-/m1/s1. The third kappa shape index (κ3) is 4.74. The van der Waals surface area contributed by atoms with Gasteiger partial charge in [0.15, 0.2) is 11.8 Å². The van der Waals surface area contributed by atoms with Crippen LogP contribution in [0.5, 0.6) is 6.01 Å². The Kier molecular flexibility index (Phi) is 6.33. The SMILES string of the molecule is O[C@@H]1CO[C@H]2C1OC[C@H]2Oc1nc2nc(-c3ccc(C#CCN4CCOCC4)cc3)c(Cl)cc2[nH]1. The summed E-state index contributed by atoms with van der Waals surface area (Å²) in [5, 5.41) is 10.4. The molecule has 0 spiro atoms. The van der Waals surface area contributed by atoms with Gasteiger partial charge in [0.2, 0.25) is 0 Å². The highest BCUT2D eigenvalue weighted by molar-refractivity contribution is 6.33. The van der Waals surface area contributed by atoms with Crippen LogP contribution >= 0.6 is 11.6 Å². The van der Waals surface area contributed by atoms with E-state index in [1.807, 2.05) is 24.3 Å². The number of hydrogen-bond acceptors (Lipinski definition) is 8. The second kappa shape index (κ2) is 9.74. The number of morpholine rings is 1. The Bertz CT molecular complexity index is 1260. The number of aromatic amines is 1. The molecule has 0 amide bonds. The van der Waals surface area contributed by atoms with E-state index in [0.29, 0.717) is 34.5 Å². The summed E-state index contributed by atoms with van der Waals surface area (Å²) in [6.07, 6.45) is -1.67. The number of nitrogens with one attached hydrogen (secondary N) is 1. The Morgan fingerprint density at radius 1 is 1.11 bits per heavy atom. The minimum absolute atomic E-state index is 0.244. The predicted octanol–water partition coefficient (Wildman–Crippen LogP) is 1.87. The Morgan fingerprint density at radius 3 is 2.74 bits per heavy atom. The van der Waals surface area contributed by atoms with Crippen molar-refractivity contribution in [1.29, 1.82) is 0 Å². The summed E-state index contributed by atoms with van der Waals surface area (Å²) in [6, 6.07) is 9.96. The Morgan fingerprint density at radius 2 is 1.91 bits per heavy atom. The van der Waals surface area contributed by atoms with Gasteiger partial charge in [-0.1, -0.05) is 35.6 Å². The third-order valence-electron chi connectivity index (χ3n) is 6.45.